The van der Waals surface area contributed by atoms with Gasteiger partial charge in [0.25, 0.3) is 5.91 Å². The first-order valence-corrected chi connectivity index (χ1v) is 8.90. The van der Waals surface area contributed by atoms with E-state index < -0.39 is 18.5 Å². The van der Waals surface area contributed by atoms with Gasteiger partial charge in [0, 0.05) is 6.07 Å². The zero-order valence-corrected chi connectivity index (χ0v) is 16.4. The van der Waals surface area contributed by atoms with Crippen LogP contribution >= 0.6 is 11.6 Å². The number of hydrogen-bond acceptors (Lipinski definition) is 6. The lowest BCUT2D eigenvalue weighted by Crippen LogP contribution is -2.21. The molecule has 1 amide bonds. The van der Waals surface area contributed by atoms with Crippen molar-refractivity contribution in [1.29, 1.82) is 0 Å². The molecule has 3 rings (SSSR count). The maximum absolute atomic E-state index is 12.4. The van der Waals surface area contributed by atoms with Crippen LogP contribution in [0.25, 0.3) is 0 Å². The van der Waals surface area contributed by atoms with E-state index in [0.717, 1.165) is 11.1 Å². The highest BCUT2D eigenvalue weighted by molar-refractivity contribution is 6.32. The Morgan fingerprint density at radius 1 is 1.21 bits per heavy atom. The highest BCUT2D eigenvalue weighted by Gasteiger charge is 2.22. The second-order valence-electron chi connectivity index (χ2n) is 6.34. The maximum atomic E-state index is 12.4. The molecule has 8 nitrogen and oxygen atoms in total. The zero-order chi connectivity index (χ0) is 20.3. The van der Waals surface area contributed by atoms with Crippen LogP contribution in [0.2, 0.25) is 5.15 Å². The second-order valence-corrected chi connectivity index (χ2v) is 6.70. The Kier molecular flexibility index (Phi) is 5.79. The summed E-state index contributed by atoms with van der Waals surface area (Å²) in [6, 6.07) is 9.47. The summed E-state index contributed by atoms with van der Waals surface area (Å²) in [4.78, 5) is 24.3. The summed E-state index contributed by atoms with van der Waals surface area (Å²) in [7, 11) is 0. The molecule has 2 aromatic heterocycles. The lowest BCUT2D eigenvalue weighted by molar-refractivity contribution is -0.119. The number of halogens is 1. The quantitative estimate of drug-likeness (QED) is 0.635. The third kappa shape index (κ3) is 4.58. The van der Waals surface area contributed by atoms with Gasteiger partial charge in [-0.1, -0.05) is 46.6 Å². The van der Waals surface area contributed by atoms with Crippen LogP contribution in [0.3, 0.4) is 0 Å². The van der Waals surface area contributed by atoms with Crippen LogP contribution in [0.1, 0.15) is 32.9 Å². The Labute approximate surface area is 166 Å². The number of carbonyl (C=O) groups excluding carboxylic acids is 2. The van der Waals surface area contributed by atoms with Gasteiger partial charge in [-0.15, -0.1) is 0 Å². The van der Waals surface area contributed by atoms with Gasteiger partial charge < -0.3 is 14.6 Å². The van der Waals surface area contributed by atoms with Crippen LogP contribution in [0.4, 0.5) is 5.82 Å². The second kappa shape index (κ2) is 8.26. The molecule has 0 aliphatic heterocycles. The summed E-state index contributed by atoms with van der Waals surface area (Å²) in [6.07, 6.45) is 0. The number of benzene rings is 1. The number of nitrogens with one attached hydrogen (secondary N) is 1. The van der Waals surface area contributed by atoms with Crippen molar-refractivity contribution < 1.29 is 18.8 Å². The van der Waals surface area contributed by atoms with E-state index in [9.17, 15) is 9.59 Å². The normalized spacial score (nSPS) is 10.7. The highest BCUT2D eigenvalue weighted by atomic mass is 35.5. The van der Waals surface area contributed by atoms with Crippen molar-refractivity contribution in [3.63, 3.8) is 0 Å². The molecule has 3 aromatic rings. The highest BCUT2D eigenvalue weighted by Crippen LogP contribution is 2.22. The van der Waals surface area contributed by atoms with Crippen LogP contribution in [0, 0.1) is 20.8 Å². The summed E-state index contributed by atoms with van der Waals surface area (Å²) in [5.74, 6) is -0.457. The minimum atomic E-state index is -0.718. The van der Waals surface area contributed by atoms with Crippen molar-refractivity contribution in [1.82, 2.24) is 14.9 Å². The number of rotatable bonds is 6. The van der Waals surface area contributed by atoms with Crippen molar-refractivity contribution in [3.8, 4) is 0 Å². The van der Waals surface area contributed by atoms with E-state index in [-0.39, 0.29) is 16.5 Å². The largest absolute Gasteiger partial charge is 0.452 e. The number of amides is 1. The van der Waals surface area contributed by atoms with Gasteiger partial charge in [-0.2, -0.15) is 5.10 Å². The van der Waals surface area contributed by atoms with Crippen LogP contribution in [0.5, 0.6) is 0 Å². The first-order chi connectivity index (χ1) is 13.3. The third-order valence-corrected chi connectivity index (χ3v) is 4.34. The number of nitrogens with zero attached hydrogens (tertiary/aromatic N) is 3. The van der Waals surface area contributed by atoms with E-state index in [1.54, 1.807) is 19.9 Å². The lowest BCUT2D eigenvalue weighted by Gasteiger charge is -2.06. The fourth-order valence-electron chi connectivity index (χ4n) is 2.56. The minimum absolute atomic E-state index is 0.138. The van der Waals surface area contributed by atoms with Gasteiger partial charge in [-0.25, -0.2) is 9.48 Å². The Balaban J connectivity index is 1.64. The molecule has 0 spiro atoms. The van der Waals surface area contributed by atoms with Crippen molar-refractivity contribution >= 4 is 29.3 Å². The molecule has 1 N–H and O–H groups in total. The van der Waals surface area contributed by atoms with E-state index in [0.29, 0.717) is 18.0 Å². The number of esters is 1. The van der Waals surface area contributed by atoms with E-state index in [1.807, 2.05) is 31.2 Å². The molecule has 0 fully saturated rings. The van der Waals surface area contributed by atoms with Crippen molar-refractivity contribution in [3.05, 3.63) is 63.6 Å². The number of aromatic nitrogens is 3. The first-order valence-electron chi connectivity index (χ1n) is 8.52. The van der Waals surface area contributed by atoms with Crippen molar-refractivity contribution in [2.45, 2.75) is 27.3 Å². The van der Waals surface area contributed by atoms with Gasteiger partial charge in [0.1, 0.15) is 16.5 Å². The number of anilines is 1. The number of aryl methyl sites for hydroxylation is 3. The van der Waals surface area contributed by atoms with Gasteiger partial charge in [0.2, 0.25) is 0 Å². The Morgan fingerprint density at radius 3 is 2.57 bits per heavy atom. The monoisotopic (exact) mass is 402 g/mol. The lowest BCUT2D eigenvalue weighted by atomic mass is 10.1. The van der Waals surface area contributed by atoms with E-state index in [1.165, 1.54) is 4.68 Å². The van der Waals surface area contributed by atoms with E-state index in [2.05, 4.69) is 15.6 Å². The number of ether oxygens (including phenoxy) is 1. The third-order valence-electron chi connectivity index (χ3n) is 3.95. The zero-order valence-electron chi connectivity index (χ0n) is 15.7. The molecule has 0 bridgehead atoms. The van der Waals surface area contributed by atoms with Gasteiger partial charge in [0.15, 0.2) is 12.4 Å². The maximum Gasteiger partial charge on any atom is 0.343 e. The number of carbonyl (C=O) groups is 2. The molecular formula is C19H19ClN4O4. The average molecular weight is 403 g/mol. The Hall–Kier alpha value is -3.13. The molecule has 2 heterocycles. The molecule has 0 saturated heterocycles. The van der Waals surface area contributed by atoms with E-state index >= 15 is 0 Å². The summed E-state index contributed by atoms with van der Waals surface area (Å²) >= 11 is 6.33. The first kappa shape index (κ1) is 19.6. The molecule has 9 heteroatoms. The fourth-order valence-corrected chi connectivity index (χ4v) is 2.88. The molecule has 0 radical (unpaired) electrons. The molecule has 0 atom stereocenters. The summed E-state index contributed by atoms with van der Waals surface area (Å²) in [5.41, 5.74) is 2.71. The smallest absolute Gasteiger partial charge is 0.343 e. The molecule has 28 heavy (non-hydrogen) atoms. The van der Waals surface area contributed by atoms with Crippen LogP contribution in [0.15, 0.2) is 34.9 Å². The molecule has 0 aliphatic carbocycles. The summed E-state index contributed by atoms with van der Waals surface area (Å²) < 4.78 is 11.4. The molecule has 0 aliphatic rings. The van der Waals surface area contributed by atoms with Gasteiger partial charge in [-0.3, -0.25) is 4.79 Å². The average Bonchev–Trinajstić information content (AvgIpc) is 3.17. The SMILES string of the molecule is Cc1ccc(Cn2nc(C)c(C(=O)OCC(=O)Nc3cc(C)on3)c2Cl)cc1. The van der Waals surface area contributed by atoms with Gasteiger partial charge in [-0.05, 0) is 26.3 Å². The molecule has 146 valence electrons. The van der Waals surface area contributed by atoms with Crippen LogP contribution in [-0.2, 0) is 16.1 Å². The van der Waals surface area contributed by atoms with Gasteiger partial charge in [0.05, 0.1) is 12.2 Å². The van der Waals surface area contributed by atoms with Crippen molar-refractivity contribution in [2.75, 3.05) is 11.9 Å². The number of hydrogen-bond donors (Lipinski definition) is 1. The summed E-state index contributed by atoms with van der Waals surface area (Å²) in [5, 5.41) is 10.6. The summed E-state index contributed by atoms with van der Waals surface area (Å²) in [6.45, 7) is 5.29. The Morgan fingerprint density at radius 2 is 1.93 bits per heavy atom. The van der Waals surface area contributed by atoms with Crippen LogP contribution in [-0.4, -0.2) is 33.4 Å². The molecule has 0 unspecified atom stereocenters. The standard InChI is InChI=1S/C19H19ClN4O4/c1-11-4-6-14(7-5-11)9-24-18(20)17(13(3)22-24)19(26)27-10-16(25)21-15-8-12(2)28-23-15/h4-8H,9-10H2,1-3H3,(H,21,23,25). The molecular weight excluding hydrogens is 384 g/mol. The molecule has 0 saturated carbocycles. The molecule has 1 aromatic carbocycles. The topological polar surface area (TPSA) is 99.2 Å². The predicted octanol–water partition coefficient (Wildman–Crippen LogP) is 3.29. The van der Waals surface area contributed by atoms with Gasteiger partial charge >= 0.3 is 5.97 Å². The van der Waals surface area contributed by atoms with Crippen molar-refractivity contribution in [2.24, 2.45) is 0 Å². The Bertz CT molecular complexity index is 1010. The minimum Gasteiger partial charge on any atom is -0.452 e. The predicted molar refractivity (Wildman–Crippen MR) is 102 cm³/mol. The van der Waals surface area contributed by atoms with Crippen LogP contribution < -0.4 is 5.32 Å². The van der Waals surface area contributed by atoms with E-state index in [4.69, 9.17) is 20.9 Å². The fraction of sp³-hybridized carbons (Fsp3) is 0.263.